The lowest BCUT2D eigenvalue weighted by Crippen LogP contribution is -2.54. The van der Waals surface area contributed by atoms with Gasteiger partial charge in [0, 0.05) is 31.7 Å². The number of imidazole rings is 1. The topological polar surface area (TPSA) is 119 Å². The number of hydrogen-bond donors (Lipinski definition) is 1. The largest absolute Gasteiger partial charge is 0.352 e. The summed E-state index contributed by atoms with van der Waals surface area (Å²) in [6, 6.07) is 0. The van der Waals surface area contributed by atoms with Crippen LogP contribution in [-0.2, 0) is 38.2 Å². The summed E-state index contributed by atoms with van der Waals surface area (Å²) in [6.07, 6.45) is 7.03. The Hall–Kier alpha value is -2.37. The van der Waals surface area contributed by atoms with Crippen molar-refractivity contribution in [1.82, 2.24) is 29.1 Å². The average Bonchev–Trinajstić information content (AvgIpc) is 3.23. The lowest BCUT2D eigenvalue weighted by atomic mass is 9.89. The minimum Gasteiger partial charge on any atom is -0.352 e. The number of aromatic nitrogens is 4. The van der Waals surface area contributed by atoms with Crippen LogP contribution in [0.3, 0.4) is 0 Å². The predicted molar refractivity (Wildman–Crippen MR) is 108 cm³/mol. The Morgan fingerprint density at radius 1 is 1.27 bits per heavy atom. The number of aryl methyl sites for hydroxylation is 1. The summed E-state index contributed by atoms with van der Waals surface area (Å²) in [5, 5.41) is 2.87. The Morgan fingerprint density at radius 3 is 2.70 bits per heavy atom. The van der Waals surface area contributed by atoms with Gasteiger partial charge >= 0.3 is 0 Å². The fourth-order valence-electron chi connectivity index (χ4n) is 3.98. The zero-order valence-corrected chi connectivity index (χ0v) is 17.9. The molecule has 2 aliphatic heterocycles. The standard InChI is InChI=1S/C19H26N6O4S/c1-3-30(27,28)25-7-4-19(5-8-25)18-20-6-9-24(18)13-16(29-19)17(26)23-12-15-11-21-14(2)10-22-15/h6,9-11,16H,3-5,7-8,12-13H2,1-2H3,(H,23,26)/t16-/m1/s1. The van der Waals surface area contributed by atoms with E-state index in [1.54, 1.807) is 25.5 Å². The van der Waals surface area contributed by atoms with Crippen molar-refractivity contribution in [2.45, 2.75) is 51.5 Å². The van der Waals surface area contributed by atoms with Crippen LogP contribution >= 0.6 is 0 Å². The highest BCUT2D eigenvalue weighted by molar-refractivity contribution is 7.89. The summed E-state index contributed by atoms with van der Waals surface area (Å²) in [6.45, 7) is 4.80. The maximum absolute atomic E-state index is 12.8. The van der Waals surface area contributed by atoms with Gasteiger partial charge in [0.05, 0.1) is 36.4 Å². The number of nitrogens with one attached hydrogen (secondary N) is 1. The second-order valence-corrected chi connectivity index (χ2v) is 9.93. The van der Waals surface area contributed by atoms with E-state index in [9.17, 15) is 13.2 Å². The highest BCUT2D eigenvalue weighted by Crippen LogP contribution is 2.40. The van der Waals surface area contributed by atoms with E-state index >= 15 is 0 Å². The normalized spacial score (nSPS) is 21.3. The van der Waals surface area contributed by atoms with Crippen LogP contribution in [0.5, 0.6) is 0 Å². The van der Waals surface area contributed by atoms with Crippen LogP contribution in [-0.4, -0.2) is 63.1 Å². The van der Waals surface area contributed by atoms with Crippen LogP contribution < -0.4 is 5.32 Å². The first-order chi connectivity index (χ1) is 14.3. The van der Waals surface area contributed by atoms with E-state index in [0.29, 0.717) is 38.2 Å². The molecule has 0 radical (unpaired) electrons. The highest BCUT2D eigenvalue weighted by Gasteiger charge is 2.48. The third-order valence-corrected chi connectivity index (χ3v) is 7.59. The Bertz CT molecular complexity index is 1010. The van der Waals surface area contributed by atoms with Crippen LogP contribution in [0.2, 0.25) is 0 Å². The van der Waals surface area contributed by atoms with Gasteiger partial charge < -0.3 is 14.6 Å². The van der Waals surface area contributed by atoms with Gasteiger partial charge in [-0.25, -0.2) is 17.7 Å². The fourth-order valence-corrected chi connectivity index (χ4v) is 5.09. The number of hydrogen-bond acceptors (Lipinski definition) is 7. The third-order valence-electron chi connectivity index (χ3n) is 5.71. The maximum Gasteiger partial charge on any atom is 0.251 e. The van der Waals surface area contributed by atoms with Gasteiger partial charge in [-0.1, -0.05) is 0 Å². The molecule has 1 saturated heterocycles. The Labute approximate surface area is 175 Å². The van der Waals surface area contributed by atoms with Crippen molar-refractivity contribution >= 4 is 15.9 Å². The average molecular weight is 435 g/mol. The summed E-state index contributed by atoms with van der Waals surface area (Å²) < 4.78 is 34.2. The molecule has 2 aromatic heterocycles. The van der Waals surface area contributed by atoms with E-state index in [-0.39, 0.29) is 18.2 Å². The molecule has 0 aliphatic carbocycles. The van der Waals surface area contributed by atoms with E-state index in [0.717, 1.165) is 11.5 Å². The smallest absolute Gasteiger partial charge is 0.251 e. The summed E-state index contributed by atoms with van der Waals surface area (Å²) in [5.74, 6) is 0.590. The van der Waals surface area contributed by atoms with E-state index in [1.807, 2.05) is 17.7 Å². The van der Waals surface area contributed by atoms with E-state index in [1.165, 1.54) is 4.31 Å². The summed E-state index contributed by atoms with van der Waals surface area (Å²) in [4.78, 5) is 25.7. The minimum atomic E-state index is -3.25. The van der Waals surface area contributed by atoms with E-state index in [2.05, 4.69) is 20.3 Å². The molecular formula is C19H26N6O4S. The first-order valence-electron chi connectivity index (χ1n) is 10.1. The van der Waals surface area contributed by atoms with Crippen LogP contribution in [0.4, 0.5) is 0 Å². The number of carbonyl (C=O) groups is 1. The quantitative estimate of drug-likeness (QED) is 0.720. The van der Waals surface area contributed by atoms with Gasteiger partial charge in [-0.3, -0.25) is 14.8 Å². The van der Waals surface area contributed by atoms with Gasteiger partial charge in [-0.15, -0.1) is 0 Å². The first kappa shape index (κ1) is 20.9. The molecule has 30 heavy (non-hydrogen) atoms. The van der Waals surface area contributed by atoms with Crippen LogP contribution in [0.15, 0.2) is 24.8 Å². The van der Waals surface area contributed by atoms with Gasteiger partial charge in [0.25, 0.3) is 5.91 Å². The summed E-state index contributed by atoms with van der Waals surface area (Å²) >= 11 is 0. The monoisotopic (exact) mass is 434 g/mol. The predicted octanol–water partition coefficient (Wildman–Crippen LogP) is 0.338. The number of sulfonamides is 1. The second-order valence-electron chi connectivity index (χ2n) is 7.67. The molecule has 0 saturated carbocycles. The first-order valence-corrected chi connectivity index (χ1v) is 11.7. The Balaban J connectivity index is 1.47. The maximum atomic E-state index is 12.8. The molecule has 2 aliphatic rings. The molecule has 4 rings (SSSR count). The van der Waals surface area contributed by atoms with Gasteiger partial charge in [0.2, 0.25) is 10.0 Å². The number of rotatable bonds is 5. The number of fused-ring (bicyclic) bond motifs is 2. The lowest BCUT2D eigenvalue weighted by Gasteiger charge is -2.45. The number of carbonyl (C=O) groups excluding carboxylic acids is 1. The van der Waals surface area contributed by atoms with Gasteiger partial charge in [-0.2, -0.15) is 0 Å². The van der Waals surface area contributed by atoms with Crippen molar-refractivity contribution in [2.24, 2.45) is 0 Å². The zero-order chi connectivity index (χ0) is 21.4. The molecule has 0 aromatic carbocycles. The van der Waals surface area contributed by atoms with Crippen molar-refractivity contribution in [3.63, 3.8) is 0 Å². The summed E-state index contributed by atoms with van der Waals surface area (Å²) in [7, 11) is -3.25. The number of nitrogens with zero attached hydrogens (tertiary/aromatic N) is 5. The number of ether oxygens (including phenoxy) is 1. The molecular weight excluding hydrogens is 408 g/mol. The van der Waals surface area contributed by atoms with Gasteiger partial charge in [0.1, 0.15) is 11.4 Å². The van der Waals surface area contributed by atoms with Gasteiger partial charge in [-0.05, 0) is 26.7 Å². The molecule has 0 bridgehead atoms. The van der Waals surface area contributed by atoms with Crippen molar-refractivity contribution in [1.29, 1.82) is 0 Å². The van der Waals surface area contributed by atoms with Crippen LogP contribution in [0, 0.1) is 6.92 Å². The Kier molecular flexibility index (Phi) is 5.60. The summed E-state index contributed by atoms with van der Waals surface area (Å²) in [5.41, 5.74) is 0.709. The SMILES string of the molecule is CCS(=O)(=O)N1CCC2(CC1)O[C@@H](C(=O)NCc1cnc(C)cn1)Cn1ccnc12. The molecule has 1 fully saturated rings. The minimum absolute atomic E-state index is 0.0718. The van der Waals surface area contributed by atoms with Crippen molar-refractivity contribution in [2.75, 3.05) is 18.8 Å². The van der Waals surface area contributed by atoms with Crippen LogP contribution in [0.1, 0.15) is 37.0 Å². The molecule has 1 N–H and O–H groups in total. The molecule has 162 valence electrons. The Morgan fingerprint density at radius 2 is 2.03 bits per heavy atom. The molecule has 10 nitrogen and oxygen atoms in total. The van der Waals surface area contributed by atoms with Gasteiger partial charge in [0.15, 0.2) is 6.10 Å². The fraction of sp³-hybridized carbons (Fsp3) is 0.579. The van der Waals surface area contributed by atoms with Crippen LogP contribution in [0.25, 0.3) is 0 Å². The highest BCUT2D eigenvalue weighted by atomic mass is 32.2. The molecule has 0 unspecified atom stereocenters. The lowest BCUT2D eigenvalue weighted by molar-refractivity contribution is -0.171. The number of amides is 1. The molecule has 2 aromatic rings. The van der Waals surface area contributed by atoms with E-state index in [4.69, 9.17) is 4.74 Å². The van der Waals surface area contributed by atoms with Crippen molar-refractivity contribution in [3.8, 4) is 0 Å². The molecule has 4 heterocycles. The second kappa shape index (κ2) is 8.05. The number of piperidine rings is 1. The van der Waals surface area contributed by atoms with Crippen molar-refractivity contribution < 1.29 is 17.9 Å². The zero-order valence-electron chi connectivity index (χ0n) is 17.1. The van der Waals surface area contributed by atoms with E-state index < -0.39 is 21.7 Å². The molecule has 11 heteroatoms. The molecule has 1 amide bonds. The third kappa shape index (κ3) is 3.96. The molecule has 1 atom stereocenters. The van der Waals surface area contributed by atoms with Crippen molar-refractivity contribution in [3.05, 3.63) is 42.0 Å². The molecule has 1 spiro atoms.